The molecule has 3 aliphatic rings. The van der Waals surface area contributed by atoms with Crippen molar-refractivity contribution in [3.8, 4) is 29.5 Å². The number of fused-ring (bicyclic) bond motifs is 3. The molecule has 3 aromatic heterocycles. The minimum absolute atomic E-state index is 0.123. The molecule has 8 nitrogen and oxygen atoms in total. The third kappa shape index (κ3) is 7.01. The molecule has 1 saturated carbocycles. The zero-order valence-electron chi connectivity index (χ0n) is 30.0. The minimum Gasteiger partial charge on any atom is -0.328 e. The molecule has 0 saturated heterocycles. The Labute approximate surface area is 299 Å². The molecule has 0 bridgehead atoms. The fourth-order valence-corrected chi connectivity index (χ4v) is 8.39. The van der Waals surface area contributed by atoms with Crippen molar-refractivity contribution in [1.29, 1.82) is 0 Å². The summed E-state index contributed by atoms with van der Waals surface area (Å²) in [5.41, 5.74) is 13.1. The third-order valence-corrected chi connectivity index (χ3v) is 10.5. The number of nitrogens with zero attached hydrogens (tertiary/aromatic N) is 6. The first kappa shape index (κ1) is 37.0. The highest BCUT2D eigenvalue weighted by molar-refractivity contribution is 8.02. The number of aromatic nitrogens is 4. The van der Waals surface area contributed by atoms with Gasteiger partial charge in [-0.25, -0.2) is 9.37 Å². The number of allylic oxidation sites excluding steroid dienone is 7. The van der Waals surface area contributed by atoms with Crippen LogP contribution >= 0.6 is 11.9 Å². The first-order valence-electron chi connectivity index (χ1n) is 17.4. The summed E-state index contributed by atoms with van der Waals surface area (Å²) < 4.78 is 33.0. The Hall–Kier alpha value is -4.27. The van der Waals surface area contributed by atoms with Crippen molar-refractivity contribution in [3.05, 3.63) is 71.2 Å². The Morgan fingerprint density at radius 1 is 1.26 bits per heavy atom. The number of halogens is 2. The van der Waals surface area contributed by atoms with E-state index in [0.29, 0.717) is 24.8 Å². The van der Waals surface area contributed by atoms with Gasteiger partial charge in [-0.15, -0.1) is 17.4 Å². The smallest absolute Gasteiger partial charge is 0.290 e. The molecule has 2 unspecified atom stereocenters. The maximum atomic E-state index is 15.1. The van der Waals surface area contributed by atoms with Gasteiger partial charge in [-0.1, -0.05) is 57.2 Å². The SMILES string of the molecule is C#CC.C=C1N(C)c2cnc3c(c(C4=CC=C(C(F)CCC)CC4)c(-c4cn(C)nc4OF)n3SC(/C=C\C)=C/CC)c2N1C1CC[C@@H](N)C1. The third-order valence-electron chi connectivity index (χ3n) is 9.48. The lowest BCUT2D eigenvalue weighted by Gasteiger charge is -2.29. The second-order valence-electron chi connectivity index (χ2n) is 13.0. The second-order valence-corrected chi connectivity index (χ2v) is 14.0. The average molecular weight is 702 g/mol. The zero-order valence-corrected chi connectivity index (χ0v) is 30.9. The summed E-state index contributed by atoms with van der Waals surface area (Å²) in [5.74, 6) is 3.00. The van der Waals surface area contributed by atoms with Crippen molar-refractivity contribution >= 4 is 39.9 Å². The molecule has 0 amide bonds. The van der Waals surface area contributed by atoms with Gasteiger partial charge in [-0.3, -0.25) is 13.6 Å². The molecule has 6 rings (SSSR count). The van der Waals surface area contributed by atoms with E-state index >= 15 is 4.39 Å². The van der Waals surface area contributed by atoms with Crippen molar-refractivity contribution in [2.24, 2.45) is 12.8 Å². The van der Waals surface area contributed by atoms with Crippen LogP contribution in [0.15, 0.2) is 65.7 Å². The summed E-state index contributed by atoms with van der Waals surface area (Å²) in [4.78, 5) is 15.0. The van der Waals surface area contributed by atoms with Gasteiger partial charge in [0.25, 0.3) is 5.88 Å². The molecule has 2 aliphatic carbocycles. The van der Waals surface area contributed by atoms with Crippen molar-refractivity contribution in [2.45, 2.75) is 97.3 Å². The van der Waals surface area contributed by atoms with E-state index in [1.807, 2.05) is 45.3 Å². The van der Waals surface area contributed by atoms with Crippen LogP contribution < -0.4 is 20.5 Å². The highest BCUT2D eigenvalue weighted by Crippen LogP contribution is 2.54. The Morgan fingerprint density at radius 2 is 2.02 bits per heavy atom. The molecule has 11 heteroatoms. The molecule has 0 aromatic carbocycles. The number of rotatable bonds is 11. The molecule has 50 heavy (non-hydrogen) atoms. The number of hydrogen-bond acceptors (Lipinski definition) is 7. The predicted molar refractivity (Wildman–Crippen MR) is 205 cm³/mol. The topological polar surface area (TPSA) is 77.4 Å². The van der Waals surface area contributed by atoms with Crippen LogP contribution in [0.3, 0.4) is 0 Å². The molecule has 0 radical (unpaired) electrons. The fourth-order valence-electron chi connectivity index (χ4n) is 7.23. The number of nitrogens with two attached hydrogens (primary N) is 1. The predicted octanol–water partition coefficient (Wildman–Crippen LogP) is 9.55. The highest BCUT2D eigenvalue weighted by atomic mass is 32.2. The quantitative estimate of drug-likeness (QED) is 0.158. The number of aryl methyl sites for hydroxylation is 1. The molecular weight excluding hydrogens is 653 g/mol. The maximum absolute atomic E-state index is 15.1. The minimum atomic E-state index is -0.966. The van der Waals surface area contributed by atoms with E-state index < -0.39 is 6.17 Å². The Balaban J connectivity index is 0.00000156. The molecule has 0 spiro atoms. The largest absolute Gasteiger partial charge is 0.328 e. The molecule has 3 atom stereocenters. The van der Waals surface area contributed by atoms with E-state index in [-0.39, 0.29) is 18.0 Å². The molecular formula is C39H49F2N7OS. The lowest BCUT2D eigenvalue weighted by atomic mass is 9.88. The van der Waals surface area contributed by atoms with Crippen LogP contribution in [-0.2, 0) is 7.05 Å². The van der Waals surface area contributed by atoms with Gasteiger partial charge >= 0.3 is 0 Å². The molecule has 1 fully saturated rings. The van der Waals surface area contributed by atoms with Gasteiger partial charge in [0.05, 0.1) is 34.2 Å². The van der Waals surface area contributed by atoms with E-state index in [1.165, 1.54) is 11.9 Å². The average Bonchev–Trinajstić information content (AvgIpc) is 3.84. The molecule has 1 aliphatic heterocycles. The first-order chi connectivity index (χ1) is 24.1. The summed E-state index contributed by atoms with van der Waals surface area (Å²) >= 11 is 1.53. The summed E-state index contributed by atoms with van der Waals surface area (Å²) in [6.45, 7) is 12.3. The monoisotopic (exact) mass is 701 g/mol. The van der Waals surface area contributed by atoms with Gasteiger partial charge in [0.1, 0.15) is 12.0 Å². The van der Waals surface area contributed by atoms with Crippen LogP contribution in [0.1, 0.15) is 84.6 Å². The normalized spacial score (nSPS) is 19.8. The van der Waals surface area contributed by atoms with E-state index in [0.717, 1.165) is 87.6 Å². The highest BCUT2D eigenvalue weighted by Gasteiger charge is 2.41. The number of hydrogen-bond donors (Lipinski definition) is 1. The van der Waals surface area contributed by atoms with Crippen molar-refractivity contribution in [2.75, 3.05) is 16.8 Å². The van der Waals surface area contributed by atoms with Crippen LogP contribution in [0.4, 0.5) is 20.3 Å². The summed E-state index contributed by atoms with van der Waals surface area (Å²) in [5, 5.41) is 5.25. The first-order valence-corrected chi connectivity index (χ1v) is 18.2. The van der Waals surface area contributed by atoms with Gasteiger partial charge in [-0.2, -0.15) is 0 Å². The molecule has 266 valence electrons. The van der Waals surface area contributed by atoms with Crippen molar-refractivity contribution in [1.82, 2.24) is 18.7 Å². The second kappa shape index (κ2) is 16.2. The lowest BCUT2D eigenvalue weighted by molar-refractivity contribution is -0.0118. The number of terminal acetylenes is 1. The number of anilines is 2. The van der Waals surface area contributed by atoms with E-state index in [4.69, 9.17) is 10.7 Å². The zero-order chi connectivity index (χ0) is 36.1. The fraction of sp³-hybridized carbons (Fsp3) is 0.436. The molecule has 3 aromatic rings. The number of pyridine rings is 1. The Kier molecular flexibility index (Phi) is 12.0. The van der Waals surface area contributed by atoms with Gasteiger partial charge in [0.2, 0.25) is 0 Å². The van der Waals surface area contributed by atoms with Crippen LogP contribution in [0.2, 0.25) is 0 Å². The van der Waals surface area contributed by atoms with Crippen LogP contribution in [0.5, 0.6) is 5.88 Å². The molecule has 4 heterocycles. The van der Waals surface area contributed by atoms with E-state index in [2.05, 4.69) is 61.8 Å². The van der Waals surface area contributed by atoms with E-state index in [9.17, 15) is 4.53 Å². The Morgan fingerprint density at radius 3 is 2.62 bits per heavy atom. The van der Waals surface area contributed by atoms with Gasteiger partial charge in [-0.05, 0) is 81.9 Å². The lowest BCUT2D eigenvalue weighted by Crippen LogP contribution is -2.34. The standard InChI is InChI=1S/C36H45F2N7OS.C3H4/c1-7-10-27(11-8-2)47-45-33(28-21-42(5)41-36(28)46-38)31(24-15-13-23(14-16-24)29(37)12-9-3)32-34-30(20-40-35(32)45)43(6)22(4)44(34)26-18-17-25(39)19-26;1-3-2/h7,10-11,13,15,20-21,25-26,29H,4,8-9,12,14,16-19,39H2,1-3,5-6H3;1H,2H3/b10-7-,27-11+;/t25-,26?,29?;/m1./s1. The van der Waals surface area contributed by atoms with Gasteiger partial charge in [0.15, 0.2) is 5.65 Å². The summed E-state index contributed by atoms with van der Waals surface area (Å²) in [6.07, 6.45) is 23.6. The van der Waals surface area contributed by atoms with Crippen LogP contribution in [0.25, 0.3) is 27.9 Å². The van der Waals surface area contributed by atoms with Gasteiger partial charge in [0, 0.05) is 47.4 Å². The van der Waals surface area contributed by atoms with Gasteiger partial charge < -0.3 is 15.5 Å². The van der Waals surface area contributed by atoms with Crippen LogP contribution in [0, 0.1) is 12.3 Å². The maximum Gasteiger partial charge on any atom is 0.290 e. The molecule has 2 N–H and O–H groups in total. The Bertz CT molecular complexity index is 1900. The van der Waals surface area contributed by atoms with E-state index in [1.54, 1.807) is 24.9 Å². The summed E-state index contributed by atoms with van der Waals surface area (Å²) in [7, 11) is 3.77. The summed E-state index contributed by atoms with van der Waals surface area (Å²) in [6, 6.07) is 0.298. The van der Waals surface area contributed by atoms with Crippen LogP contribution in [-0.4, -0.2) is 44.0 Å². The van der Waals surface area contributed by atoms with Crippen molar-refractivity contribution in [3.63, 3.8) is 0 Å². The van der Waals surface area contributed by atoms with Crippen molar-refractivity contribution < 1.29 is 13.9 Å². The number of alkyl halides is 1.